The molecule has 0 saturated heterocycles. The third kappa shape index (κ3) is 3.24. The SMILES string of the molecule is COc1ccc(NC(C)=O)cc1NC(=O)[C@H]1C[C@@H]1C. The van der Waals surface area contributed by atoms with Crippen LogP contribution in [0.3, 0.4) is 0 Å². The fourth-order valence-corrected chi connectivity index (χ4v) is 2.00. The van der Waals surface area contributed by atoms with Crippen LogP contribution in [0, 0.1) is 11.8 Å². The molecule has 0 heterocycles. The van der Waals surface area contributed by atoms with E-state index in [0.717, 1.165) is 6.42 Å². The monoisotopic (exact) mass is 262 g/mol. The summed E-state index contributed by atoms with van der Waals surface area (Å²) in [4.78, 5) is 23.0. The Morgan fingerprint density at radius 1 is 1.32 bits per heavy atom. The summed E-state index contributed by atoms with van der Waals surface area (Å²) in [6.07, 6.45) is 0.930. The van der Waals surface area contributed by atoms with E-state index in [4.69, 9.17) is 4.74 Å². The molecule has 1 aromatic carbocycles. The molecule has 1 saturated carbocycles. The number of carbonyl (C=O) groups is 2. The zero-order valence-corrected chi connectivity index (χ0v) is 11.3. The maximum atomic E-state index is 11.9. The number of hydrogen-bond acceptors (Lipinski definition) is 3. The average molecular weight is 262 g/mol. The van der Waals surface area contributed by atoms with Crippen molar-refractivity contribution in [3.63, 3.8) is 0 Å². The Bertz CT molecular complexity index is 513. The molecule has 19 heavy (non-hydrogen) atoms. The first kappa shape index (κ1) is 13.4. The lowest BCUT2D eigenvalue weighted by atomic mass is 10.2. The summed E-state index contributed by atoms with van der Waals surface area (Å²) in [5.41, 5.74) is 1.21. The molecule has 0 radical (unpaired) electrons. The van der Waals surface area contributed by atoms with Crippen molar-refractivity contribution in [2.45, 2.75) is 20.3 Å². The van der Waals surface area contributed by atoms with Crippen molar-refractivity contribution in [3.05, 3.63) is 18.2 Å². The van der Waals surface area contributed by atoms with Gasteiger partial charge in [-0.1, -0.05) is 6.92 Å². The third-order valence-corrected chi connectivity index (χ3v) is 3.22. The number of amides is 2. The first-order chi connectivity index (χ1) is 9.01. The lowest BCUT2D eigenvalue weighted by molar-refractivity contribution is -0.117. The van der Waals surface area contributed by atoms with Crippen LogP contribution >= 0.6 is 0 Å². The summed E-state index contributed by atoms with van der Waals surface area (Å²) in [6.45, 7) is 3.49. The van der Waals surface area contributed by atoms with Gasteiger partial charge < -0.3 is 15.4 Å². The van der Waals surface area contributed by atoms with Gasteiger partial charge in [0.05, 0.1) is 12.8 Å². The molecule has 2 rings (SSSR count). The van der Waals surface area contributed by atoms with Crippen LogP contribution in [0.15, 0.2) is 18.2 Å². The summed E-state index contributed by atoms with van der Waals surface area (Å²) < 4.78 is 5.21. The van der Waals surface area contributed by atoms with Crippen molar-refractivity contribution in [2.75, 3.05) is 17.7 Å². The molecular formula is C14H18N2O3. The van der Waals surface area contributed by atoms with Crippen molar-refractivity contribution in [3.8, 4) is 5.75 Å². The van der Waals surface area contributed by atoms with Gasteiger partial charge in [-0.15, -0.1) is 0 Å². The second-order valence-corrected chi connectivity index (χ2v) is 4.90. The number of benzene rings is 1. The highest BCUT2D eigenvalue weighted by atomic mass is 16.5. The molecule has 5 heteroatoms. The molecule has 1 aliphatic rings. The van der Waals surface area contributed by atoms with Gasteiger partial charge in [-0.2, -0.15) is 0 Å². The van der Waals surface area contributed by atoms with Gasteiger partial charge in [-0.25, -0.2) is 0 Å². The Morgan fingerprint density at radius 2 is 2.00 bits per heavy atom. The summed E-state index contributed by atoms with van der Waals surface area (Å²) >= 11 is 0. The minimum absolute atomic E-state index is 0.00535. The van der Waals surface area contributed by atoms with Crippen molar-refractivity contribution in [1.29, 1.82) is 0 Å². The van der Waals surface area contributed by atoms with Gasteiger partial charge in [0.1, 0.15) is 5.75 Å². The van der Waals surface area contributed by atoms with Crippen LogP contribution < -0.4 is 15.4 Å². The van der Waals surface area contributed by atoms with Crippen molar-refractivity contribution in [1.82, 2.24) is 0 Å². The molecule has 0 unspecified atom stereocenters. The number of methoxy groups -OCH3 is 1. The van der Waals surface area contributed by atoms with E-state index in [-0.39, 0.29) is 17.7 Å². The zero-order valence-electron chi connectivity index (χ0n) is 11.3. The van der Waals surface area contributed by atoms with Crippen molar-refractivity contribution < 1.29 is 14.3 Å². The van der Waals surface area contributed by atoms with E-state index in [1.807, 2.05) is 0 Å². The largest absolute Gasteiger partial charge is 0.495 e. The Morgan fingerprint density at radius 3 is 2.53 bits per heavy atom. The first-order valence-electron chi connectivity index (χ1n) is 6.27. The molecule has 0 spiro atoms. The van der Waals surface area contributed by atoms with E-state index in [0.29, 0.717) is 23.0 Å². The van der Waals surface area contributed by atoms with Crippen LogP contribution in [-0.4, -0.2) is 18.9 Å². The number of nitrogens with one attached hydrogen (secondary N) is 2. The number of anilines is 2. The van der Waals surface area contributed by atoms with Crippen molar-refractivity contribution in [2.24, 2.45) is 11.8 Å². The quantitative estimate of drug-likeness (QED) is 0.874. The Balaban J connectivity index is 2.16. The van der Waals surface area contributed by atoms with E-state index < -0.39 is 0 Å². The molecule has 2 N–H and O–H groups in total. The molecule has 0 aliphatic heterocycles. The lowest BCUT2D eigenvalue weighted by Gasteiger charge is -2.12. The van der Waals surface area contributed by atoms with Crippen LogP contribution in [0.25, 0.3) is 0 Å². The van der Waals surface area contributed by atoms with Crippen LogP contribution in [0.2, 0.25) is 0 Å². The fourth-order valence-electron chi connectivity index (χ4n) is 2.00. The molecule has 102 valence electrons. The summed E-state index contributed by atoms with van der Waals surface area (Å²) in [6, 6.07) is 5.15. The van der Waals surface area contributed by atoms with Crippen LogP contribution in [-0.2, 0) is 9.59 Å². The minimum Gasteiger partial charge on any atom is -0.495 e. The Labute approximate surface area is 112 Å². The second kappa shape index (κ2) is 5.30. The molecule has 1 aliphatic carbocycles. The number of carbonyl (C=O) groups excluding carboxylic acids is 2. The number of ether oxygens (including phenoxy) is 1. The molecular weight excluding hydrogens is 244 g/mol. The van der Waals surface area contributed by atoms with Gasteiger partial charge in [0, 0.05) is 18.5 Å². The zero-order chi connectivity index (χ0) is 14.0. The topological polar surface area (TPSA) is 67.4 Å². The fraction of sp³-hybridized carbons (Fsp3) is 0.429. The van der Waals surface area contributed by atoms with Crippen molar-refractivity contribution >= 4 is 23.2 Å². The molecule has 1 aromatic rings. The third-order valence-electron chi connectivity index (χ3n) is 3.22. The highest BCUT2D eigenvalue weighted by Gasteiger charge is 2.39. The van der Waals surface area contributed by atoms with Gasteiger partial charge in [0.2, 0.25) is 11.8 Å². The summed E-state index contributed by atoms with van der Waals surface area (Å²) in [7, 11) is 1.54. The maximum absolute atomic E-state index is 11.9. The van der Waals surface area contributed by atoms with Crippen LogP contribution in [0.5, 0.6) is 5.75 Å². The van der Waals surface area contributed by atoms with Gasteiger partial charge in [0.15, 0.2) is 0 Å². The van der Waals surface area contributed by atoms with E-state index in [2.05, 4.69) is 17.6 Å². The minimum atomic E-state index is -0.154. The molecule has 1 fully saturated rings. The van der Waals surface area contributed by atoms with E-state index in [1.54, 1.807) is 25.3 Å². The first-order valence-corrected chi connectivity index (χ1v) is 6.27. The average Bonchev–Trinajstić information content (AvgIpc) is 3.06. The predicted molar refractivity (Wildman–Crippen MR) is 73.2 cm³/mol. The summed E-state index contributed by atoms with van der Waals surface area (Å²) in [5.74, 6) is 0.971. The normalized spacial score (nSPS) is 20.6. The predicted octanol–water partition coefficient (Wildman–Crippen LogP) is 2.25. The van der Waals surface area contributed by atoms with Crippen LogP contribution in [0.1, 0.15) is 20.3 Å². The van der Waals surface area contributed by atoms with E-state index >= 15 is 0 Å². The number of rotatable bonds is 4. The standard InChI is InChI=1S/C14H18N2O3/c1-8-6-11(8)14(18)16-12-7-10(15-9(2)17)4-5-13(12)19-3/h4-5,7-8,11H,6H2,1-3H3,(H,15,17)(H,16,18)/t8-,11-/m0/s1. The van der Waals surface area contributed by atoms with E-state index in [1.165, 1.54) is 6.92 Å². The second-order valence-electron chi connectivity index (χ2n) is 4.90. The maximum Gasteiger partial charge on any atom is 0.227 e. The van der Waals surface area contributed by atoms with Gasteiger partial charge in [-0.05, 0) is 30.5 Å². The highest BCUT2D eigenvalue weighted by Crippen LogP contribution is 2.39. The molecule has 2 amide bonds. The van der Waals surface area contributed by atoms with Gasteiger partial charge in [-0.3, -0.25) is 9.59 Å². The molecule has 0 aromatic heterocycles. The lowest BCUT2D eigenvalue weighted by Crippen LogP contribution is -2.15. The smallest absolute Gasteiger partial charge is 0.227 e. The molecule has 2 atom stereocenters. The Kier molecular flexibility index (Phi) is 3.74. The number of hydrogen-bond donors (Lipinski definition) is 2. The summed E-state index contributed by atoms with van der Waals surface area (Å²) in [5, 5.41) is 5.53. The Hall–Kier alpha value is -2.04. The van der Waals surface area contributed by atoms with Crippen LogP contribution in [0.4, 0.5) is 11.4 Å². The highest BCUT2D eigenvalue weighted by molar-refractivity contribution is 5.97. The van der Waals surface area contributed by atoms with Gasteiger partial charge >= 0.3 is 0 Å². The van der Waals surface area contributed by atoms with E-state index in [9.17, 15) is 9.59 Å². The molecule has 0 bridgehead atoms. The molecule has 5 nitrogen and oxygen atoms in total. The van der Waals surface area contributed by atoms with Gasteiger partial charge in [0.25, 0.3) is 0 Å².